The summed E-state index contributed by atoms with van der Waals surface area (Å²) >= 11 is 0. The van der Waals surface area contributed by atoms with E-state index in [9.17, 15) is 10.1 Å². The van der Waals surface area contributed by atoms with Crippen LogP contribution in [0.15, 0.2) is 30.5 Å². The van der Waals surface area contributed by atoms with Crippen LogP contribution in [-0.4, -0.2) is 45.9 Å². The van der Waals surface area contributed by atoms with Crippen LogP contribution in [0.4, 0.5) is 0 Å². The fraction of sp³-hybridized carbons (Fsp3) is 0.458. The number of benzene rings is 1. The molecule has 1 aromatic heterocycles. The summed E-state index contributed by atoms with van der Waals surface area (Å²) in [5, 5.41) is 9.27. The van der Waals surface area contributed by atoms with Crippen LogP contribution in [0.1, 0.15) is 64.6 Å². The minimum absolute atomic E-state index is 0.102. The summed E-state index contributed by atoms with van der Waals surface area (Å²) in [6, 6.07) is 11.1. The number of nitrogens with zero attached hydrogens (tertiary/aromatic N) is 4. The van der Waals surface area contributed by atoms with E-state index in [0.29, 0.717) is 11.6 Å². The fourth-order valence-electron chi connectivity index (χ4n) is 4.94. The molecule has 0 saturated carbocycles. The monoisotopic (exact) mass is 388 g/mol. The van der Waals surface area contributed by atoms with Gasteiger partial charge in [0.1, 0.15) is 0 Å². The predicted octanol–water partition coefficient (Wildman–Crippen LogP) is 3.79. The molecule has 2 aliphatic heterocycles. The smallest absolute Gasteiger partial charge is 0.255 e. The summed E-state index contributed by atoms with van der Waals surface area (Å²) in [5.74, 6) is 0.102. The van der Waals surface area contributed by atoms with Crippen molar-refractivity contribution < 1.29 is 4.79 Å². The normalized spacial score (nSPS) is 22.0. The van der Waals surface area contributed by atoms with Gasteiger partial charge < -0.3 is 4.90 Å². The van der Waals surface area contributed by atoms with Crippen LogP contribution in [0.2, 0.25) is 0 Å². The van der Waals surface area contributed by atoms with Crippen molar-refractivity contribution in [3.8, 4) is 6.07 Å². The first-order valence-electron chi connectivity index (χ1n) is 10.5. The van der Waals surface area contributed by atoms with Crippen LogP contribution in [0.3, 0.4) is 0 Å². The summed E-state index contributed by atoms with van der Waals surface area (Å²) in [4.78, 5) is 21.9. The molecule has 0 spiro atoms. The van der Waals surface area contributed by atoms with Crippen molar-refractivity contribution in [1.29, 1.82) is 5.26 Å². The molecule has 5 nitrogen and oxygen atoms in total. The lowest BCUT2D eigenvalue weighted by atomic mass is 9.93. The number of carbonyl (C=O) groups is 1. The molecule has 2 bridgehead atoms. The molecule has 3 heterocycles. The van der Waals surface area contributed by atoms with Gasteiger partial charge in [-0.25, -0.2) is 0 Å². The van der Waals surface area contributed by atoms with Gasteiger partial charge in [0.15, 0.2) is 0 Å². The number of nitriles is 1. The number of fused-ring (bicyclic) bond motifs is 2. The molecular weight excluding hydrogens is 360 g/mol. The molecule has 5 heteroatoms. The Morgan fingerprint density at radius 3 is 2.59 bits per heavy atom. The van der Waals surface area contributed by atoms with Crippen molar-refractivity contribution >= 4 is 5.91 Å². The second kappa shape index (κ2) is 7.61. The fourth-order valence-corrected chi connectivity index (χ4v) is 4.94. The van der Waals surface area contributed by atoms with E-state index in [1.54, 1.807) is 6.20 Å². The molecular formula is C24H28N4O. The summed E-state index contributed by atoms with van der Waals surface area (Å²) in [6.45, 7) is 10.1. The van der Waals surface area contributed by atoms with Crippen molar-refractivity contribution in [2.45, 2.75) is 58.7 Å². The average Bonchev–Trinajstić information content (AvgIpc) is 3.36. The molecule has 150 valence electrons. The third-order valence-electron chi connectivity index (χ3n) is 6.87. The number of aryl methyl sites for hydroxylation is 1. The Kier molecular flexibility index (Phi) is 5.14. The van der Waals surface area contributed by atoms with E-state index in [-0.39, 0.29) is 18.0 Å². The van der Waals surface area contributed by atoms with Crippen LogP contribution in [0.5, 0.6) is 0 Å². The van der Waals surface area contributed by atoms with E-state index in [1.807, 2.05) is 30.0 Å². The van der Waals surface area contributed by atoms with Gasteiger partial charge in [-0.2, -0.15) is 5.26 Å². The van der Waals surface area contributed by atoms with Crippen molar-refractivity contribution in [2.75, 3.05) is 13.1 Å². The number of likely N-dealkylation sites (tertiary alicyclic amines) is 2. The van der Waals surface area contributed by atoms with Gasteiger partial charge in [-0.1, -0.05) is 13.0 Å². The molecule has 0 unspecified atom stereocenters. The first-order valence-corrected chi connectivity index (χ1v) is 10.5. The summed E-state index contributed by atoms with van der Waals surface area (Å²) in [7, 11) is 0. The van der Waals surface area contributed by atoms with E-state index < -0.39 is 0 Å². The summed E-state index contributed by atoms with van der Waals surface area (Å²) in [5.41, 5.74) is 6.01. The van der Waals surface area contributed by atoms with Gasteiger partial charge in [0.25, 0.3) is 5.91 Å². The van der Waals surface area contributed by atoms with Gasteiger partial charge in [-0.05, 0) is 68.5 Å². The quantitative estimate of drug-likeness (QED) is 0.799. The third-order valence-corrected chi connectivity index (χ3v) is 6.87. The predicted molar refractivity (Wildman–Crippen MR) is 113 cm³/mol. The standard InChI is InChI=1S/C24H28N4O/c1-5-20-8-6-19(12-26-20)24(29)28-14-21-10-22(28)13-27(21)17(4)23-9-7-18(11-25)15(2)16(23)3/h6-9,12,17,21-22H,5,10,13-14H2,1-4H3/t17-,21-,22-/m0/s1. The highest BCUT2D eigenvalue weighted by Crippen LogP contribution is 2.38. The zero-order valence-electron chi connectivity index (χ0n) is 17.6. The second-order valence-corrected chi connectivity index (χ2v) is 8.33. The summed E-state index contributed by atoms with van der Waals surface area (Å²) < 4.78 is 0. The number of aromatic nitrogens is 1. The van der Waals surface area contributed by atoms with Crippen LogP contribution in [0.25, 0.3) is 0 Å². The lowest BCUT2D eigenvalue weighted by Crippen LogP contribution is -2.49. The minimum atomic E-state index is 0.102. The van der Waals surface area contributed by atoms with E-state index in [0.717, 1.165) is 42.8 Å². The van der Waals surface area contributed by atoms with Gasteiger partial charge in [-0.3, -0.25) is 14.7 Å². The largest absolute Gasteiger partial charge is 0.333 e. The van der Waals surface area contributed by atoms with Crippen LogP contribution >= 0.6 is 0 Å². The maximum atomic E-state index is 13.0. The van der Waals surface area contributed by atoms with E-state index in [4.69, 9.17) is 0 Å². The van der Waals surface area contributed by atoms with Crippen molar-refractivity contribution in [3.63, 3.8) is 0 Å². The van der Waals surface area contributed by atoms with Crippen molar-refractivity contribution in [3.05, 3.63) is 64.0 Å². The number of pyridine rings is 1. The lowest BCUT2D eigenvalue weighted by molar-refractivity contribution is 0.0568. The van der Waals surface area contributed by atoms with E-state index in [1.165, 1.54) is 11.1 Å². The molecule has 2 aliphatic rings. The topological polar surface area (TPSA) is 60.2 Å². The van der Waals surface area contributed by atoms with E-state index >= 15 is 0 Å². The van der Waals surface area contributed by atoms with Crippen LogP contribution in [-0.2, 0) is 6.42 Å². The minimum Gasteiger partial charge on any atom is -0.333 e. The first kappa shape index (κ1) is 19.6. The Balaban J connectivity index is 1.48. The lowest BCUT2D eigenvalue weighted by Gasteiger charge is -2.38. The molecule has 0 radical (unpaired) electrons. The van der Waals surface area contributed by atoms with Crippen molar-refractivity contribution in [2.24, 2.45) is 0 Å². The number of hydrogen-bond donors (Lipinski definition) is 0. The Morgan fingerprint density at radius 1 is 1.21 bits per heavy atom. The Labute approximate surface area is 173 Å². The van der Waals surface area contributed by atoms with Crippen LogP contribution in [0, 0.1) is 25.2 Å². The highest BCUT2D eigenvalue weighted by Gasteiger charge is 2.47. The molecule has 1 aromatic carbocycles. The number of hydrogen-bond acceptors (Lipinski definition) is 4. The molecule has 0 aliphatic carbocycles. The van der Waals surface area contributed by atoms with Crippen LogP contribution < -0.4 is 0 Å². The zero-order chi connectivity index (χ0) is 20.7. The Hall–Kier alpha value is -2.71. The third kappa shape index (κ3) is 3.32. The highest BCUT2D eigenvalue weighted by molar-refractivity contribution is 5.94. The molecule has 2 aromatic rings. The molecule has 29 heavy (non-hydrogen) atoms. The van der Waals surface area contributed by atoms with E-state index in [2.05, 4.69) is 42.8 Å². The maximum absolute atomic E-state index is 13.0. The van der Waals surface area contributed by atoms with Crippen molar-refractivity contribution in [1.82, 2.24) is 14.8 Å². The maximum Gasteiger partial charge on any atom is 0.255 e. The number of piperazine rings is 1. The molecule has 1 amide bonds. The van der Waals surface area contributed by atoms with Gasteiger partial charge in [0.05, 0.1) is 17.2 Å². The van der Waals surface area contributed by atoms with Gasteiger partial charge in [0.2, 0.25) is 0 Å². The summed E-state index contributed by atoms with van der Waals surface area (Å²) in [6.07, 6.45) is 3.63. The van der Waals surface area contributed by atoms with Gasteiger partial charge >= 0.3 is 0 Å². The molecule has 2 saturated heterocycles. The molecule has 2 fully saturated rings. The molecule has 0 N–H and O–H groups in total. The molecule has 4 rings (SSSR count). The zero-order valence-corrected chi connectivity index (χ0v) is 17.6. The first-order chi connectivity index (χ1) is 13.9. The second-order valence-electron chi connectivity index (χ2n) is 8.33. The average molecular weight is 389 g/mol. The highest BCUT2D eigenvalue weighted by atomic mass is 16.2. The number of rotatable bonds is 4. The Morgan fingerprint density at radius 2 is 2.00 bits per heavy atom. The number of carbonyl (C=O) groups excluding carboxylic acids is 1. The SMILES string of the molecule is CCc1ccc(C(=O)N2C[C@@H]3C[C@H]2CN3[C@@H](C)c2ccc(C#N)c(C)c2C)cn1. The number of amides is 1. The molecule has 3 atom stereocenters. The van der Waals surface area contributed by atoms with Gasteiger partial charge in [-0.15, -0.1) is 0 Å². The van der Waals surface area contributed by atoms with Gasteiger partial charge in [0, 0.05) is 43.1 Å². The Bertz CT molecular complexity index is 976.